The Hall–Kier alpha value is -2.61. The lowest BCUT2D eigenvalue weighted by Gasteiger charge is -2.05. The highest BCUT2D eigenvalue weighted by molar-refractivity contribution is 7.11. The van der Waals surface area contributed by atoms with Crippen molar-refractivity contribution in [1.29, 1.82) is 5.26 Å². The number of allylic oxidation sites excluding steroid dienone is 1. The van der Waals surface area contributed by atoms with E-state index in [1.807, 2.05) is 35.7 Å². The van der Waals surface area contributed by atoms with E-state index in [1.165, 1.54) is 22.5 Å². The zero-order chi connectivity index (χ0) is 17.8. The summed E-state index contributed by atoms with van der Waals surface area (Å²) in [5, 5.41) is 16.0. The summed E-state index contributed by atoms with van der Waals surface area (Å²) in [6.45, 7) is 4.14. The summed E-state index contributed by atoms with van der Waals surface area (Å²) in [5.41, 5.74) is 5.71. The number of anilines is 1. The molecule has 1 aromatic heterocycles. The van der Waals surface area contributed by atoms with Gasteiger partial charge in [0.1, 0.15) is 16.6 Å². The van der Waals surface area contributed by atoms with Crippen LogP contribution in [0.2, 0.25) is 5.02 Å². The summed E-state index contributed by atoms with van der Waals surface area (Å²) < 4.78 is 0. The van der Waals surface area contributed by atoms with Gasteiger partial charge < -0.3 is 5.32 Å². The number of halogens is 1. The minimum absolute atomic E-state index is 0.503. The maximum atomic E-state index is 9.46. The Morgan fingerprint density at radius 1 is 1.16 bits per heavy atom. The molecule has 2 aromatic carbocycles. The molecule has 0 fully saturated rings. The van der Waals surface area contributed by atoms with E-state index in [2.05, 4.69) is 42.4 Å². The second-order valence-corrected chi connectivity index (χ2v) is 6.95. The Labute approximate surface area is 156 Å². The van der Waals surface area contributed by atoms with Gasteiger partial charge in [-0.05, 0) is 49.2 Å². The average molecular weight is 366 g/mol. The Morgan fingerprint density at radius 3 is 2.60 bits per heavy atom. The molecule has 0 aliphatic carbocycles. The van der Waals surface area contributed by atoms with E-state index in [0.717, 1.165) is 16.9 Å². The summed E-state index contributed by atoms with van der Waals surface area (Å²) >= 11 is 7.37. The molecule has 5 heteroatoms. The van der Waals surface area contributed by atoms with E-state index in [1.54, 1.807) is 6.20 Å². The molecule has 0 saturated carbocycles. The van der Waals surface area contributed by atoms with E-state index >= 15 is 0 Å². The third-order valence-corrected chi connectivity index (χ3v) is 5.01. The molecule has 0 amide bonds. The Balaban J connectivity index is 1.82. The molecular weight excluding hydrogens is 350 g/mol. The first-order chi connectivity index (χ1) is 12.1. The molecule has 3 rings (SSSR count). The van der Waals surface area contributed by atoms with Crippen LogP contribution in [0.4, 0.5) is 5.69 Å². The first-order valence-corrected chi connectivity index (χ1v) is 8.98. The first-order valence-electron chi connectivity index (χ1n) is 7.73. The summed E-state index contributed by atoms with van der Waals surface area (Å²) in [4.78, 5) is 4.57. The maximum absolute atomic E-state index is 9.46. The number of hydrogen-bond donors (Lipinski definition) is 1. The van der Waals surface area contributed by atoms with Crippen LogP contribution in [-0.4, -0.2) is 4.98 Å². The number of nitriles is 1. The van der Waals surface area contributed by atoms with Gasteiger partial charge in [-0.3, -0.25) is 0 Å². The van der Waals surface area contributed by atoms with Crippen LogP contribution in [0.1, 0.15) is 16.1 Å². The number of rotatable bonds is 4. The van der Waals surface area contributed by atoms with Crippen LogP contribution in [-0.2, 0) is 0 Å². The molecule has 0 radical (unpaired) electrons. The molecule has 0 bridgehead atoms. The summed E-state index contributed by atoms with van der Waals surface area (Å²) in [5.74, 6) is 0. The molecule has 0 atom stereocenters. The molecule has 0 aliphatic rings. The molecule has 0 unspecified atom stereocenters. The largest absolute Gasteiger partial charge is 0.360 e. The summed E-state index contributed by atoms with van der Waals surface area (Å²) in [6, 6.07) is 15.8. The monoisotopic (exact) mass is 365 g/mol. The lowest BCUT2D eigenvalue weighted by molar-refractivity contribution is 1.33. The first kappa shape index (κ1) is 17.2. The van der Waals surface area contributed by atoms with Crippen LogP contribution in [0.5, 0.6) is 0 Å². The molecule has 3 aromatic rings. The number of nitrogens with one attached hydrogen (secondary N) is 1. The normalized spacial score (nSPS) is 11.2. The van der Waals surface area contributed by atoms with Crippen molar-refractivity contribution in [2.75, 3.05) is 5.32 Å². The number of hydrogen-bond acceptors (Lipinski definition) is 4. The van der Waals surface area contributed by atoms with Crippen LogP contribution in [0, 0.1) is 25.2 Å². The lowest BCUT2D eigenvalue weighted by Crippen LogP contribution is -1.92. The number of aryl methyl sites for hydroxylation is 2. The van der Waals surface area contributed by atoms with Crippen molar-refractivity contribution in [1.82, 2.24) is 4.98 Å². The molecule has 1 heterocycles. The molecule has 0 saturated heterocycles. The van der Waals surface area contributed by atoms with E-state index in [-0.39, 0.29) is 0 Å². The Bertz CT molecular complexity index is 965. The minimum Gasteiger partial charge on any atom is -0.360 e. The lowest BCUT2D eigenvalue weighted by atomic mass is 10.1. The second kappa shape index (κ2) is 7.52. The van der Waals surface area contributed by atoms with Gasteiger partial charge in [-0.25, -0.2) is 4.98 Å². The highest BCUT2D eigenvalue weighted by Gasteiger charge is 2.09. The second-order valence-electron chi connectivity index (χ2n) is 5.66. The molecule has 0 spiro atoms. The highest BCUT2D eigenvalue weighted by atomic mass is 35.5. The number of thiazole rings is 1. The van der Waals surface area contributed by atoms with Crippen LogP contribution in [0.3, 0.4) is 0 Å². The number of benzene rings is 2. The van der Waals surface area contributed by atoms with E-state index in [0.29, 0.717) is 15.6 Å². The topological polar surface area (TPSA) is 48.7 Å². The quantitative estimate of drug-likeness (QED) is 0.572. The third-order valence-electron chi connectivity index (χ3n) is 3.89. The van der Waals surface area contributed by atoms with Gasteiger partial charge in [-0.15, -0.1) is 11.3 Å². The summed E-state index contributed by atoms with van der Waals surface area (Å²) in [7, 11) is 0. The van der Waals surface area contributed by atoms with E-state index < -0.39 is 0 Å². The van der Waals surface area contributed by atoms with Gasteiger partial charge in [-0.2, -0.15) is 5.26 Å². The fraction of sp³-hybridized carbons (Fsp3) is 0.100. The standard InChI is InChI=1S/C20H16ClN3S/c1-13-3-8-18(9-14(13)2)23-11-16(10-22)20-24-19(12-25-20)15-4-6-17(21)7-5-15/h3-9,11-12,23H,1-2H3/b16-11+. The smallest absolute Gasteiger partial charge is 0.136 e. The predicted octanol–water partition coefficient (Wildman–Crippen LogP) is 6.06. The predicted molar refractivity (Wildman–Crippen MR) is 106 cm³/mol. The van der Waals surface area contributed by atoms with Crippen LogP contribution in [0.25, 0.3) is 16.8 Å². The van der Waals surface area contributed by atoms with Crippen molar-refractivity contribution in [2.24, 2.45) is 0 Å². The van der Waals surface area contributed by atoms with Crippen LogP contribution < -0.4 is 5.32 Å². The maximum Gasteiger partial charge on any atom is 0.136 e. The van der Waals surface area contributed by atoms with E-state index in [4.69, 9.17) is 11.6 Å². The minimum atomic E-state index is 0.503. The number of aromatic nitrogens is 1. The Morgan fingerprint density at radius 2 is 1.92 bits per heavy atom. The molecule has 124 valence electrons. The zero-order valence-electron chi connectivity index (χ0n) is 13.9. The molecule has 1 N–H and O–H groups in total. The van der Waals surface area contributed by atoms with E-state index in [9.17, 15) is 5.26 Å². The fourth-order valence-corrected chi connectivity index (χ4v) is 3.20. The third kappa shape index (κ3) is 4.08. The molecule has 0 aliphatic heterocycles. The summed E-state index contributed by atoms with van der Waals surface area (Å²) in [6.07, 6.45) is 1.70. The van der Waals surface area contributed by atoms with Crippen molar-refractivity contribution in [3.05, 3.63) is 75.2 Å². The van der Waals surface area contributed by atoms with Gasteiger partial charge in [0.25, 0.3) is 0 Å². The van der Waals surface area contributed by atoms with Gasteiger partial charge in [-0.1, -0.05) is 29.8 Å². The van der Waals surface area contributed by atoms with Gasteiger partial charge in [0, 0.05) is 27.9 Å². The van der Waals surface area contributed by atoms with Crippen LogP contribution in [0.15, 0.2) is 54.0 Å². The van der Waals surface area contributed by atoms with Gasteiger partial charge in [0.05, 0.1) is 5.69 Å². The van der Waals surface area contributed by atoms with Crippen molar-refractivity contribution in [3.8, 4) is 17.3 Å². The van der Waals surface area contributed by atoms with Gasteiger partial charge in [0.15, 0.2) is 0 Å². The van der Waals surface area contributed by atoms with Crippen molar-refractivity contribution in [3.63, 3.8) is 0 Å². The van der Waals surface area contributed by atoms with Crippen molar-refractivity contribution in [2.45, 2.75) is 13.8 Å². The molecule has 3 nitrogen and oxygen atoms in total. The highest BCUT2D eigenvalue weighted by Crippen LogP contribution is 2.27. The van der Waals surface area contributed by atoms with Crippen LogP contribution >= 0.6 is 22.9 Å². The number of nitrogens with zero attached hydrogens (tertiary/aromatic N) is 2. The van der Waals surface area contributed by atoms with Gasteiger partial charge >= 0.3 is 0 Å². The van der Waals surface area contributed by atoms with Crippen molar-refractivity contribution >= 4 is 34.2 Å². The average Bonchev–Trinajstić information content (AvgIpc) is 3.09. The van der Waals surface area contributed by atoms with Gasteiger partial charge in [0.2, 0.25) is 0 Å². The zero-order valence-corrected chi connectivity index (χ0v) is 15.4. The van der Waals surface area contributed by atoms with Crippen molar-refractivity contribution < 1.29 is 0 Å². The Kier molecular flexibility index (Phi) is 5.18. The SMILES string of the molecule is Cc1ccc(N/C=C(\C#N)c2nc(-c3ccc(Cl)cc3)cs2)cc1C. The fourth-order valence-electron chi connectivity index (χ4n) is 2.28. The molecular formula is C20H16ClN3S. The molecule has 25 heavy (non-hydrogen) atoms.